The highest BCUT2D eigenvalue weighted by Crippen LogP contribution is 2.25. The van der Waals surface area contributed by atoms with Crippen molar-refractivity contribution in [3.63, 3.8) is 0 Å². The van der Waals surface area contributed by atoms with E-state index in [1.165, 1.54) is 0 Å². The molecular formula is C11H21NO3. The van der Waals surface area contributed by atoms with Crippen molar-refractivity contribution in [2.75, 3.05) is 26.3 Å². The molecule has 0 unspecified atom stereocenters. The molecule has 0 aromatic heterocycles. The SMILES string of the molecule is CCC(CC)(C(=O)O)N1CCCOCC1. The Morgan fingerprint density at radius 2 is 2.00 bits per heavy atom. The van der Waals surface area contributed by atoms with Crippen molar-refractivity contribution in [2.24, 2.45) is 0 Å². The summed E-state index contributed by atoms with van der Waals surface area (Å²) in [6.07, 6.45) is 2.23. The zero-order chi connectivity index (χ0) is 11.3. The van der Waals surface area contributed by atoms with Crippen molar-refractivity contribution in [2.45, 2.75) is 38.6 Å². The van der Waals surface area contributed by atoms with Gasteiger partial charge in [-0.15, -0.1) is 0 Å². The largest absolute Gasteiger partial charge is 0.480 e. The molecular weight excluding hydrogens is 194 g/mol. The van der Waals surface area contributed by atoms with E-state index in [0.29, 0.717) is 19.4 Å². The number of ether oxygens (including phenoxy) is 1. The van der Waals surface area contributed by atoms with Crippen LogP contribution < -0.4 is 0 Å². The molecule has 1 saturated heterocycles. The molecule has 1 aliphatic heterocycles. The second-order valence-corrected chi connectivity index (χ2v) is 4.00. The van der Waals surface area contributed by atoms with Crippen LogP contribution in [0.15, 0.2) is 0 Å². The Bertz CT molecular complexity index is 206. The van der Waals surface area contributed by atoms with E-state index in [2.05, 4.69) is 4.90 Å². The molecule has 0 saturated carbocycles. The summed E-state index contributed by atoms with van der Waals surface area (Å²) in [5.74, 6) is -0.700. The monoisotopic (exact) mass is 215 g/mol. The maximum atomic E-state index is 11.4. The van der Waals surface area contributed by atoms with Crippen molar-refractivity contribution in [3.05, 3.63) is 0 Å². The Morgan fingerprint density at radius 3 is 2.53 bits per heavy atom. The van der Waals surface area contributed by atoms with Crippen LogP contribution in [0.2, 0.25) is 0 Å². The van der Waals surface area contributed by atoms with Crippen LogP contribution in [-0.4, -0.2) is 47.8 Å². The van der Waals surface area contributed by atoms with Crippen molar-refractivity contribution >= 4 is 5.97 Å². The summed E-state index contributed by atoms with van der Waals surface area (Å²) in [4.78, 5) is 13.5. The summed E-state index contributed by atoms with van der Waals surface area (Å²) in [5, 5.41) is 9.39. The normalized spacial score (nSPS) is 19.9. The average molecular weight is 215 g/mol. The van der Waals surface area contributed by atoms with Crippen LogP contribution in [0.3, 0.4) is 0 Å². The van der Waals surface area contributed by atoms with E-state index in [-0.39, 0.29) is 0 Å². The third kappa shape index (κ3) is 2.49. The number of rotatable bonds is 4. The lowest BCUT2D eigenvalue weighted by atomic mass is 9.90. The highest BCUT2D eigenvalue weighted by Gasteiger charge is 2.40. The van der Waals surface area contributed by atoms with Gasteiger partial charge in [0.2, 0.25) is 0 Å². The van der Waals surface area contributed by atoms with E-state index in [1.54, 1.807) is 0 Å². The lowest BCUT2D eigenvalue weighted by Gasteiger charge is -2.38. The first kappa shape index (κ1) is 12.5. The number of hydrogen-bond acceptors (Lipinski definition) is 3. The van der Waals surface area contributed by atoms with Crippen LogP contribution in [-0.2, 0) is 9.53 Å². The number of carboxylic acid groups (broad SMARTS) is 1. The Hall–Kier alpha value is -0.610. The van der Waals surface area contributed by atoms with Crippen LogP contribution >= 0.6 is 0 Å². The fourth-order valence-corrected chi connectivity index (χ4v) is 2.31. The molecule has 88 valence electrons. The van der Waals surface area contributed by atoms with E-state index in [1.807, 2.05) is 13.8 Å². The standard InChI is InChI=1S/C11H21NO3/c1-3-11(4-2,10(13)14)12-6-5-8-15-9-7-12/h3-9H2,1-2H3,(H,13,14). The molecule has 0 atom stereocenters. The summed E-state index contributed by atoms with van der Waals surface area (Å²) in [6, 6.07) is 0. The summed E-state index contributed by atoms with van der Waals surface area (Å²) in [7, 11) is 0. The Kier molecular flexibility index (Phi) is 4.54. The minimum absolute atomic E-state index is 0.648. The quantitative estimate of drug-likeness (QED) is 0.769. The molecule has 15 heavy (non-hydrogen) atoms. The molecule has 0 aliphatic carbocycles. The predicted molar refractivity (Wildman–Crippen MR) is 58.0 cm³/mol. The zero-order valence-electron chi connectivity index (χ0n) is 9.66. The van der Waals surface area contributed by atoms with Crippen LogP contribution in [0.1, 0.15) is 33.1 Å². The number of carbonyl (C=O) groups is 1. The average Bonchev–Trinajstić information content (AvgIpc) is 2.49. The molecule has 1 N–H and O–H groups in total. The van der Waals surface area contributed by atoms with Crippen molar-refractivity contribution in [1.82, 2.24) is 4.90 Å². The van der Waals surface area contributed by atoms with Gasteiger partial charge in [-0.05, 0) is 19.3 Å². The fraction of sp³-hybridized carbons (Fsp3) is 0.909. The van der Waals surface area contributed by atoms with Gasteiger partial charge < -0.3 is 9.84 Å². The summed E-state index contributed by atoms with van der Waals surface area (Å²) in [5.41, 5.74) is -0.687. The van der Waals surface area contributed by atoms with E-state index in [9.17, 15) is 9.90 Å². The van der Waals surface area contributed by atoms with Gasteiger partial charge in [-0.1, -0.05) is 13.8 Å². The minimum Gasteiger partial charge on any atom is -0.480 e. The molecule has 0 spiro atoms. The second-order valence-electron chi connectivity index (χ2n) is 4.00. The van der Waals surface area contributed by atoms with Crippen LogP contribution in [0, 0.1) is 0 Å². The van der Waals surface area contributed by atoms with E-state index in [4.69, 9.17) is 4.74 Å². The molecule has 1 rings (SSSR count). The van der Waals surface area contributed by atoms with Crippen molar-refractivity contribution < 1.29 is 14.6 Å². The van der Waals surface area contributed by atoms with Gasteiger partial charge in [-0.25, -0.2) is 0 Å². The summed E-state index contributed by atoms with van der Waals surface area (Å²) in [6.45, 7) is 6.85. The van der Waals surface area contributed by atoms with Crippen LogP contribution in [0.25, 0.3) is 0 Å². The molecule has 0 amide bonds. The van der Waals surface area contributed by atoms with E-state index in [0.717, 1.165) is 26.1 Å². The minimum atomic E-state index is -0.700. The fourth-order valence-electron chi connectivity index (χ4n) is 2.31. The first-order valence-corrected chi connectivity index (χ1v) is 5.73. The van der Waals surface area contributed by atoms with Crippen LogP contribution in [0.5, 0.6) is 0 Å². The molecule has 1 aliphatic rings. The molecule has 0 aromatic carbocycles. The summed E-state index contributed by atoms with van der Waals surface area (Å²) >= 11 is 0. The third-order valence-corrected chi connectivity index (χ3v) is 3.40. The molecule has 0 bridgehead atoms. The Labute approximate surface area is 91.2 Å². The van der Waals surface area contributed by atoms with E-state index < -0.39 is 11.5 Å². The van der Waals surface area contributed by atoms with Gasteiger partial charge in [-0.3, -0.25) is 9.69 Å². The number of nitrogens with zero attached hydrogens (tertiary/aromatic N) is 1. The Morgan fingerprint density at radius 1 is 1.33 bits per heavy atom. The number of aliphatic carboxylic acids is 1. The molecule has 4 heteroatoms. The van der Waals surface area contributed by atoms with E-state index >= 15 is 0 Å². The van der Waals surface area contributed by atoms with Gasteiger partial charge in [-0.2, -0.15) is 0 Å². The molecule has 1 heterocycles. The number of carboxylic acids is 1. The maximum Gasteiger partial charge on any atom is 0.324 e. The second kappa shape index (κ2) is 5.47. The molecule has 0 radical (unpaired) electrons. The highest BCUT2D eigenvalue weighted by atomic mass is 16.5. The molecule has 0 aromatic rings. The molecule has 4 nitrogen and oxygen atoms in total. The zero-order valence-corrected chi connectivity index (χ0v) is 9.66. The first-order chi connectivity index (χ1) is 7.17. The summed E-state index contributed by atoms with van der Waals surface area (Å²) < 4.78 is 5.35. The lowest BCUT2D eigenvalue weighted by Crippen LogP contribution is -2.54. The van der Waals surface area contributed by atoms with Gasteiger partial charge >= 0.3 is 5.97 Å². The smallest absolute Gasteiger partial charge is 0.324 e. The lowest BCUT2D eigenvalue weighted by molar-refractivity contribution is -0.152. The van der Waals surface area contributed by atoms with Gasteiger partial charge in [0.1, 0.15) is 5.54 Å². The van der Waals surface area contributed by atoms with Gasteiger partial charge in [0.25, 0.3) is 0 Å². The van der Waals surface area contributed by atoms with Gasteiger partial charge in [0.15, 0.2) is 0 Å². The van der Waals surface area contributed by atoms with Gasteiger partial charge in [0, 0.05) is 19.7 Å². The highest BCUT2D eigenvalue weighted by molar-refractivity contribution is 5.78. The predicted octanol–water partition coefficient (Wildman–Crippen LogP) is 1.35. The van der Waals surface area contributed by atoms with Gasteiger partial charge in [0.05, 0.1) is 6.61 Å². The van der Waals surface area contributed by atoms with Crippen molar-refractivity contribution in [3.8, 4) is 0 Å². The van der Waals surface area contributed by atoms with Crippen molar-refractivity contribution in [1.29, 1.82) is 0 Å². The first-order valence-electron chi connectivity index (χ1n) is 5.73. The topological polar surface area (TPSA) is 49.8 Å². The number of hydrogen-bond donors (Lipinski definition) is 1. The molecule has 1 fully saturated rings. The third-order valence-electron chi connectivity index (χ3n) is 3.40. The van der Waals surface area contributed by atoms with Crippen LogP contribution in [0.4, 0.5) is 0 Å². The Balaban J connectivity index is 2.81. The maximum absolute atomic E-state index is 11.4.